The van der Waals surface area contributed by atoms with Gasteiger partial charge in [-0.25, -0.2) is 10.8 Å². The molecule has 1 aromatic rings. The van der Waals surface area contributed by atoms with E-state index in [2.05, 4.69) is 20.7 Å². The lowest BCUT2D eigenvalue weighted by Crippen LogP contribution is -2.16. The molecule has 0 aliphatic carbocycles. The largest absolute Gasteiger partial charge is 0.368 e. The third kappa shape index (κ3) is 2.90. The molecule has 5 nitrogen and oxygen atoms in total. The Morgan fingerprint density at radius 2 is 2.50 bits per heavy atom. The first-order chi connectivity index (χ1) is 7.79. The fraction of sp³-hybridized carbons (Fsp3) is 0.556. The van der Waals surface area contributed by atoms with E-state index in [1.165, 1.54) is 24.1 Å². The van der Waals surface area contributed by atoms with E-state index >= 15 is 0 Å². The van der Waals surface area contributed by atoms with Gasteiger partial charge in [0.2, 0.25) is 5.95 Å². The van der Waals surface area contributed by atoms with Crippen molar-refractivity contribution in [1.82, 2.24) is 9.97 Å². The molecule has 0 radical (unpaired) electrons. The summed E-state index contributed by atoms with van der Waals surface area (Å²) in [6, 6.07) is 0. The molecule has 16 heavy (non-hydrogen) atoms. The van der Waals surface area contributed by atoms with Crippen LogP contribution in [0.2, 0.25) is 5.02 Å². The summed E-state index contributed by atoms with van der Waals surface area (Å²) >= 11 is 7.97. The normalized spacial score (nSPS) is 19.8. The summed E-state index contributed by atoms with van der Waals surface area (Å²) in [6.45, 7) is 0.897. The van der Waals surface area contributed by atoms with Crippen LogP contribution in [0, 0.1) is 5.92 Å². The minimum atomic E-state index is 0.368. The maximum Gasteiger partial charge on any atom is 0.239 e. The number of rotatable bonds is 4. The third-order valence-corrected chi connectivity index (χ3v) is 3.96. The Bertz CT molecular complexity index is 356. The van der Waals surface area contributed by atoms with E-state index in [-0.39, 0.29) is 0 Å². The second-order valence-electron chi connectivity index (χ2n) is 3.65. The number of hydrazine groups is 1. The van der Waals surface area contributed by atoms with Crippen LogP contribution in [-0.4, -0.2) is 28.0 Å². The summed E-state index contributed by atoms with van der Waals surface area (Å²) in [4.78, 5) is 8.07. The molecule has 2 rings (SSSR count). The van der Waals surface area contributed by atoms with Gasteiger partial charge in [0.05, 0.1) is 6.20 Å². The van der Waals surface area contributed by atoms with Crippen molar-refractivity contribution < 1.29 is 0 Å². The number of anilines is 2. The molecule has 0 spiro atoms. The van der Waals surface area contributed by atoms with Crippen molar-refractivity contribution in [2.24, 2.45) is 11.8 Å². The first-order valence-electron chi connectivity index (χ1n) is 5.10. The van der Waals surface area contributed by atoms with Gasteiger partial charge in [-0.15, -0.1) is 0 Å². The summed E-state index contributed by atoms with van der Waals surface area (Å²) in [5, 5.41) is 3.76. The number of nitrogens with one attached hydrogen (secondary N) is 2. The van der Waals surface area contributed by atoms with Crippen LogP contribution in [-0.2, 0) is 0 Å². The second kappa shape index (κ2) is 5.56. The highest BCUT2D eigenvalue weighted by atomic mass is 35.5. The smallest absolute Gasteiger partial charge is 0.239 e. The molecule has 1 saturated heterocycles. The first kappa shape index (κ1) is 11.8. The van der Waals surface area contributed by atoms with Crippen LogP contribution in [0.3, 0.4) is 0 Å². The quantitative estimate of drug-likeness (QED) is 0.563. The van der Waals surface area contributed by atoms with Crippen LogP contribution in [0.5, 0.6) is 0 Å². The average molecular weight is 260 g/mol. The van der Waals surface area contributed by atoms with Gasteiger partial charge in [0.1, 0.15) is 5.02 Å². The Morgan fingerprint density at radius 3 is 3.19 bits per heavy atom. The van der Waals surface area contributed by atoms with Gasteiger partial charge in [0.15, 0.2) is 5.82 Å². The number of nitrogen functional groups attached to an aromatic ring is 1. The Morgan fingerprint density at radius 1 is 1.62 bits per heavy atom. The second-order valence-corrected chi connectivity index (χ2v) is 5.20. The van der Waals surface area contributed by atoms with Gasteiger partial charge in [-0.3, -0.25) is 5.43 Å². The molecule has 1 aliphatic rings. The molecule has 0 amide bonds. The number of hydrogen-bond acceptors (Lipinski definition) is 6. The van der Waals surface area contributed by atoms with E-state index in [1.807, 2.05) is 11.8 Å². The molecule has 0 saturated carbocycles. The molecule has 1 unspecified atom stereocenters. The molecule has 4 N–H and O–H groups in total. The number of hydrogen-bond donors (Lipinski definition) is 3. The fourth-order valence-corrected chi connectivity index (χ4v) is 2.99. The van der Waals surface area contributed by atoms with Crippen molar-refractivity contribution >= 4 is 35.1 Å². The Hall–Kier alpha value is -0.720. The summed E-state index contributed by atoms with van der Waals surface area (Å²) in [7, 11) is 0. The molecule has 1 atom stereocenters. The molecule has 0 bridgehead atoms. The summed E-state index contributed by atoms with van der Waals surface area (Å²) in [5.74, 6) is 9.40. The van der Waals surface area contributed by atoms with Gasteiger partial charge < -0.3 is 5.32 Å². The number of thioether (sulfide) groups is 1. The predicted octanol–water partition coefficient (Wildman–Crippen LogP) is 1.58. The van der Waals surface area contributed by atoms with E-state index in [0.29, 0.717) is 22.7 Å². The zero-order chi connectivity index (χ0) is 11.4. The van der Waals surface area contributed by atoms with E-state index in [1.54, 1.807) is 0 Å². The molecule has 0 aromatic carbocycles. The third-order valence-electron chi connectivity index (χ3n) is 2.46. The molecular formula is C9H14ClN5S. The standard InChI is InChI=1S/C9H14ClN5S/c10-7-4-13-9(15-11)14-8(7)12-3-6-1-2-16-5-6/h4,6H,1-3,5,11H2,(H2,12,13,14,15). The highest BCUT2D eigenvalue weighted by molar-refractivity contribution is 7.99. The summed E-state index contributed by atoms with van der Waals surface area (Å²) < 4.78 is 0. The van der Waals surface area contributed by atoms with Gasteiger partial charge >= 0.3 is 0 Å². The van der Waals surface area contributed by atoms with Crippen molar-refractivity contribution in [3.8, 4) is 0 Å². The number of nitrogens with two attached hydrogens (primary N) is 1. The maximum absolute atomic E-state index is 5.98. The molecule has 88 valence electrons. The Labute approximate surface area is 104 Å². The monoisotopic (exact) mass is 259 g/mol. The van der Waals surface area contributed by atoms with Crippen LogP contribution in [0.1, 0.15) is 6.42 Å². The molecule has 2 heterocycles. The molecule has 7 heteroatoms. The highest BCUT2D eigenvalue weighted by Gasteiger charge is 2.15. The molecule has 1 aromatic heterocycles. The van der Waals surface area contributed by atoms with Crippen molar-refractivity contribution in [3.63, 3.8) is 0 Å². The van der Waals surface area contributed by atoms with E-state index in [9.17, 15) is 0 Å². The maximum atomic E-state index is 5.98. The lowest BCUT2D eigenvalue weighted by atomic mass is 10.1. The van der Waals surface area contributed by atoms with Gasteiger partial charge in [-0.05, 0) is 23.8 Å². The lowest BCUT2D eigenvalue weighted by Gasteiger charge is -2.12. The zero-order valence-corrected chi connectivity index (χ0v) is 10.3. The number of aromatic nitrogens is 2. The molecule has 1 aliphatic heterocycles. The number of nitrogens with zero attached hydrogens (tertiary/aromatic N) is 2. The lowest BCUT2D eigenvalue weighted by molar-refractivity contribution is 0.630. The van der Waals surface area contributed by atoms with Crippen LogP contribution >= 0.6 is 23.4 Å². The van der Waals surface area contributed by atoms with Crippen LogP contribution in [0.15, 0.2) is 6.20 Å². The van der Waals surface area contributed by atoms with Gasteiger partial charge in [0.25, 0.3) is 0 Å². The van der Waals surface area contributed by atoms with E-state index in [0.717, 1.165) is 6.54 Å². The van der Waals surface area contributed by atoms with E-state index < -0.39 is 0 Å². The highest BCUT2D eigenvalue weighted by Crippen LogP contribution is 2.25. The molecular weight excluding hydrogens is 246 g/mol. The van der Waals surface area contributed by atoms with Gasteiger partial charge in [-0.2, -0.15) is 16.7 Å². The average Bonchev–Trinajstić information content (AvgIpc) is 2.81. The Kier molecular flexibility index (Phi) is 4.09. The Balaban J connectivity index is 1.96. The zero-order valence-electron chi connectivity index (χ0n) is 8.74. The summed E-state index contributed by atoms with van der Waals surface area (Å²) in [5.41, 5.74) is 2.40. The molecule has 1 fully saturated rings. The van der Waals surface area contributed by atoms with Crippen LogP contribution < -0.4 is 16.6 Å². The topological polar surface area (TPSA) is 75.9 Å². The van der Waals surface area contributed by atoms with Crippen molar-refractivity contribution in [1.29, 1.82) is 0 Å². The van der Waals surface area contributed by atoms with Gasteiger partial charge in [-0.1, -0.05) is 11.6 Å². The van der Waals surface area contributed by atoms with Gasteiger partial charge in [0, 0.05) is 6.54 Å². The first-order valence-corrected chi connectivity index (χ1v) is 6.63. The SMILES string of the molecule is NNc1ncc(Cl)c(NCC2CCSC2)n1. The van der Waals surface area contributed by atoms with E-state index in [4.69, 9.17) is 17.4 Å². The van der Waals surface area contributed by atoms with Crippen LogP contribution in [0.25, 0.3) is 0 Å². The summed E-state index contributed by atoms with van der Waals surface area (Å²) in [6.07, 6.45) is 2.79. The van der Waals surface area contributed by atoms with Crippen LogP contribution in [0.4, 0.5) is 11.8 Å². The minimum absolute atomic E-state index is 0.368. The van der Waals surface area contributed by atoms with Crippen molar-refractivity contribution in [2.75, 3.05) is 28.8 Å². The van der Waals surface area contributed by atoms with Crippen molar-refractivity contribution in [2.45, 2.75) is 6.42 Å². The number of halogens is 1. The van der Waals surface area contributed by atoms with Crippen molar-refractivity contribution in [3.05, 3.63) is 11.2 Å². The minimum Gasteiger partial charge on any atom is -0.368 e. The predicted molar refractivity (Wildman–Crippen MR) is 68.8 cm³/mol. The fourth-order valence-electron chi connectivity index (χ4n) is 1.55.